The van der Waals surface area contributed by atoms with Crippen molar-refractivity contribution in [3.63, 3.8) is 0 Å². The Balaban J connectivity index is 2.08. The van der Waals surface area contributed by atoms with Crippen molar-refractivity contribution in [2.45, 2.75) is 27.2 Å². The molecule has 2 N–H and O–H groups in total. The first kappa shape index (κ1) is 16.1. The van der Waals surface area contributed by atoms with Crippen molar-refractivity contribution >= 4 is 17.5 Å². The Labute approximate surface area is 132 Å². The molecule has 5 nitrogen and oxygen atoms in total. The Morgan fingerprint density at radius 2 is 2.05 bits per heavy atom. The van der Waals surface area contributed by atoms with Crippen LogP contribution in [0.5, 0.6) is 5.75 Å². The normalized spacial score (nSPS) is 10.6. The molecule has 0 aliphatic heterocycles. The van der Waals surface area contributed by atoms with Crippen LogP contribution in [0.4, 0.5) is 17.5 Å². The summed E-state index contributed by atoms with van der Waals surface area (Å²) >= 11 is 0. The molecule has 0 saturated heterocycles. The zero-order valence-corrected chi connectivity index (χ0v) is 13.7. The van der Waals surface area contributed by atoms with Crippen LogP contribution < -0.4 is 15.4 Å². The molecule has 1 aromatic heterocycles. The average Bonchev–Trinajstić information content (AvgIpc) is 2.47. The van der Waals surface area contributed by atoms with Gasteiger partial charge in [0.05, 0.1) is 12.8 Å². The molecule has 2 aromatic rings. The van der Waals surface area contributed by atoms with E-state index in [0.717, 1.165) is 35.8 Å². The standard InChI is InChI=1S/C17H24N4O/c1-12(2)7-9-18-16-8-10-19-17(21-16)20-14-11-13(3)5-6-15(14)22-4/h5-6,8,10-12H,7,9H2,1-4H3,(H2,18,19,20,21). The molecule has 0 spiro atoms. The fraction of sp³-hybridized carbons (Fsp3) is 0.412. The molecule has 0 bridgehead atoms. The van der Waals surface area contributed by atoms with Gasteiger partial charge in [0.2, 0.25) is 5.95 Å². The minimum Gasteiger partial charge on any atom is -0.495 e. The largest absolute Gasteiger partial charge is 0.495 e. The van der Waals surface area contributed by atoms with Gasteiger partial charge in [0.25, 0.3) is 0 Å². The van der Waals surface area contributed by atoms with Gasteiger partial charge in [-0.25, -0.2) is 4.98 Å². The lowest BCUT2D eigenvalue weighted by Crippen LogP contribution is -2.07. The lowest BCUT2D eigenvalue weighted by molar-refractivity contribution is 0.416. The van der Waals surface area contributed by atoms with E-state index in [0.29, 0.717) is 11.9 Å². The second kappa shape index (κ2) is 7.64. The smallest absolute Gasteiger partial charge is 0.229 e. The van der Waals surface area contributed by atoms with Gasteiger partial charge in [-0.05, 0) is 43.0 Å². The van der Waals surface area contributed by atoms with E-state index in [4.69, 9.17) is 4.74 Å². The average molecular weight is 300 g/mol. The highest BCUT2D eigenvalue weighted by atomic mass is 16.5. The first-order valence-corrected chi connectivity index (χ1v) is 7.57. The SMILES string of the molecule is COc1ccc(C)cc1Nc1nccc(NCCC(C)C)n1. The number of anilines is 3. The number of nitrogens with zero attached hydrogens (tertiary/aromatic N) is 2. The molecule has 22 heavy (non-hydrogen) atoms. The van der Waals surface area contributed by atoms with Crippen LogP contribution in [0, 0.1) is 12.8 Å². The van der Waals surface area contributed by atoms with E-state index in [1.165, 1.54) is 0 Å². The number of benzene rings is 1. The molecular formula is C17H24N4O. The van der Waals surface area contributed by atoms with Crippen molar-refractivity contribution in [1.82, 2.24) is 9.97 Å². The number of hydrogen-bond acceptors (Lipinski definition) is 5. The quantitative estimate of drug-likeness (QED) is 0.809. The van der Waals surface area contributed by atoms with Gasteiger partial charge in [0, 0.05) is 12.7 Å². The number of aryl methyl sites for hydroxylation is 1. The van der Waals surface area contributed by atoms with E-state index < -0.39 is 0 Å². The van der Waals surface area contributed by atoms with Gasteiger partial charge in [-0.3, -0.25) is 0 Å². The zero-order valence-electron chi connectivity index (χ0n) is 13.7. The fourth-order valence-electron chi connectivity index (χ4n) is 2.05. The van der Waals surface area contributed by atoms with Gasteiger partial charge in [0.1, 0.15) is 11.6 Å². The van der Waals surface area contributed by atoms with Crippen molar-refractivity contribution in [1.29, 1.82) is 0 Å². The number of aromatic nitrogens is 2. The van der Waals surface area contributed by atoms with E-state index >= 15 is 0 Å². The summed E-state index contributed by atoms with van der Waals surface area (Å²) in [7, 11) is 1.65. The van der Waals surface area contributed by atoms with Gasteiger partial charge in [-0.1, -0.05) is 19.9 Å². The molecule has 0 radical (unpaired) electrons. The van der Waals surface area contributed by atoms with Crippen molar-refractivity contribution in [3.8, 4) is 5.75 Å². The van der Waals surface area contributed by atoms with Crippen molar-refractivity contribution in [2.75, 3.05) is 24.3 Å². The molecule has 0 saturated carbocycles. The number of rotatable bonds is 7. The van der Waals surface area contributed by atoms with Crippen LogP contribution in [0.15, 0.2) is 30.5 Å². The highest BCUT2D eigenvalue weighted by molar-refractivity contribution is 5.64. The van der Waals surface area contributed by atoms with Gasteiger partial charge < -0.3 is 15.4 Å². The first-order valence-electron chi connectivity index (χ1n) is 7.57. The van der Waals surface area contributed by atoms with E-state index in [2.05, 4.69) is 34.4 Å². The Kier molecular flexibility index (Phi) is 5.58. The van der Waals surface area contributed by atoms with E-state index in [1.807, 2.05) is 31.2 Å². The maximum absolute atomic E-state index is 5.36. The number of ether oxygens (including phenoxy) is 1. The monoisotopic (exact) mass is 300 g/mol. The number of hydrogen-bond donors (Lipinski definition) is 2. The Morgan fingerprint density at radius 1 is 1.23 bits per heavy atom. The van der Waals surface area contributed by atoms with Crippen LogP contribution >= 0.6 is 0 Å². The molecule has 118 valence electrons. The molecule has 2 rings (SSSR count). The third-order valence-corrected chi connectivity index (χ3v) is 3.28. The third-order valence-electron chi connectivity index (χ3n) is 3.28. The Morgan fingerprint density at radius 3 is 2.77 bits per heavy atom. The summed E-state index contributed by atoms with van der Waals surface area (Å²) in [6.07, 6.45) is 2.85. The maximum atomic E-state index is 5.36. The highest BCUT2D eigenvalue weighted by Crippen LogP contribution is 2.27. The predicted molar refractivity (Wildman–Crippen MR) is 91.0 cm³/mol. The molecule has 1 aromatic carbocycles. The second-order valence-electron chi connectivity index (χ2n) is 5.70. The predicted octanol–water partition coefficient (Wildman–Crippen LogP) is 4.00. The minimum absolute atomic E-state index is 0.554. The van der Waals surface area contributed by atoms with Crippen LogP contribution in [0.3, 0.4) is 0 Å². The van der Waals surface area contributed by atoms with E-state index in [1.54, 1.807) is 13.3 Å². The van der Waals surface area contributed by atoms with Crippen LogP contribution in [0.2, 0.25) is 0 Å². The third kappa shape index (κ3) is 4.62. The minimum atomic E-state index is 0.554. The maximum Gasteiger partial charge on any atom is 0.229 e. The molecular weight excluding hydrogens is 276 g/mol. The van der Waals surface area contributed by atoms with E-state index in [-0.39, 0.29) is 0 Å². The summed E-state index contributed by atoms with van der Waals surface area (Å²) in [5.74, 6) is 2.82. The Bertz CT molecular complexity index is 613. The van der Waals surface area contributed by atoms with Gasteiger partial charge >= 0.3 is 0 Å². The van der Waals surface area contributed by atoms with Gasteiger partial charge in [0.15, 0.2) is 0 Å². The summed E-state index contributed by atoms with van der Waals surface area (Å²) in [6, 6.07) is 7.83. The van der Waals surface area contributed by atoms with Crippen molar-refractivity contribution in [2.24, 2.45) is 5.92 Å². The molecule has 1 heterocycles. The molecule has 0 fully saturated rings. The molecule has 0 aliphatic rings. The van der Waals surface area contributed by atoms with E-state index in [9.17, 15) is 0 Å². The van der Waals surface area contributed by atoms with Crippen LogP contribution in [0.25, 0.3) is 0 Å². The van der Waals surface area contributed by atoms with Crippen LogP contribution in [0.1, 0.15) is 25.8 Å². The van der Waals surface area contributed by atoms with Gasteiger partial charge in [-0.15, -0.1) is 0 Å². The summed E-state index contributed by atoms with van der Waals surface area (Å²) in [4.78, 5) is 8.75. The molecule has 5 heteroatoms. The second-order valence-corrected chi connectivity index (χ2v) is 5.70. The van der Waals surface area contributed by atoms with Gasteiger partial charge in [-0.2, -0.15) is 4.98 Å². The van der Waals surface area contributed by atoms with Crippen molar-refractivity contribution in [3.05, 3.63) is 36.0 Å². The highest BCUT2D eigenvalue weighted by Gasteiger charge is 2.06. The number of nitrogens with one attached hydrogen (secondary N) is 2. The molecule has 0 amide bonds. The lowest BCUT2D eigenvalue weighted by Gasteiger charge is -2.12. The topological polar surface area (TPSA) is 59.1 Å². The molecule has 0 unspecified atom stereocenters. The van der Waals surface area contributed by atoms with Crippen molar-refractivity contribution < 1.29 is 4.74 Å². The first-order chi connectivity index (χ1) is 10.6. The van der Waals surface area contributed by atoms with Crippen LogP contribution in [-0.4, -0.2) is 23.6 Å². The summed E-state index contributed by atoms with van der Waals surface area (Å²) in [6.45, 7) is 7.36. The summed E-state index contributed by atoms with van der Waals surface area (Å²) in [5.41, 5.74) is 2.01. The fourth-order valence-corrected chi connectivity index (χ4v) is 2.05. The van der Waals surface area contributed by atoms with Crippen LogP contribution in [-0.2, 0) is 0 Å². The summed E-state index contributed by atoms with van der Waals surface area (Å²) < 4.78 is 5.36. The number of methoxy groups -OCH3 is 1. The molecule has 0 atom stereocenters. The zero-order chi connectivity index (χ0) is 15.9. The lowest BCUT2D eigenvalue weighted by atomic mass is 10.1. The Hall–Kier alpha value is -2.30. The summed E-state index contributed by atoms with van der Waals surface area (Å²) in [5, 5.41) is 6.54. The molecule has 0 aliphatic carbocycles.